The molecule has 0 saturated heterocycles. The van der Waals surface area contributed by atoms with Crippen molar-refractivity contribution in [1.82, 2.24) is 4.98 Å². The lowest BCUT2D eigenvalue weighted by Gasteiger charge is -2.11. The SMILES string of the molecule is CNc1ncc(Br)cc1C(=O)Nc1c(F)cc(F)cc1Br. The number of halogens is 4. The molecule has 2 aromatic rings. The van der Waals surface area contributed by atoms with Gasteiger partial charge in [0, 0.05) is 28.3 Å². The summed E-state index contributed by atoms with van der Waals surface area (Å²) in [5.41, 5.74) is 0.0888. The van der Waals surface area contributed by atoms with Crippen LogP contribution in [0, 0.1) is 11.6 Å². The first-order chi connectivity index (χ1) is 9.92. The van der Waals surface area contributed by atoms with E-state index in [1.807, 2.05) is 0 Å². The largest absolute Gasteiger partial charge is 0.372 e. The van der Waals surface area contributed by atoms with Crippen LogP contribution < -0.4 is 10.6 Å². The molecule has 0 aliphatic carbocycles. The van der Waals surface area contributed by atoms with Crippen LogP contribution in [0.2, 0.25) is 0 Å². The van der Waals surface area contributed by atoms with E-state index in [4.69, 9.17) is 0 Å². The Balaban J connectivity index is 2.37. The Labute approximate surface area is 136 Å². The van der Waals surface area contributed by atoms with Crippen LogP contribution >= 0.6 is 31.9 Å². The fourth-order valence-electron chi connectivity index (χ4n) is 1.65. The molecule has 21 heavy (non-hydrogen) atoms. The molecule has 8 heteroatoms. The second-order valence-corrected chi connectivity index (χ2v) is 5.77. The first-order valence-corrected chi connectivity index (χ1v) is 7.30. The Morgan fingerprint density at radius 1 is 1.24 bits per heavy atom. The summed E-state index contributed by atoms with van der Waals surface area (Å²) in [7, 11) is 1.61. The first kappa shape index (κ1) is 15.8. The number of rotatable bonds is 3. The summed E-state index contributed by atoms with van der Waals surface area (Å²) in [6, 6.07) is 3.30. The van der Waals surface area contributed by atoms with Gasteiger partial charge in [-0.25, -0.2) is 13.8 Å². The highest BCUT2D eigenvalue weighted by molar-refractivity contribution is 9.10. The molecular formula is C13H9Br2F2N3O. The van der Waals surface area contributed by atoms with Gasteiger partial charge in [-0.3, -0.25) is 4.79 Å². The van der Waals surface area contributed by atoms with Crippen molar-refractivity contribution in [3.05, 3.63) is 50.5 Å². The minimum absolute atomic E-state index is 0.113. The van der Waals surface area contributed by atoms with Crippen LogP contribution in [0.3, 0.4) is 0 Å². The molecule has 0 fully saturated rings. The topological polar surface area (TPSA) is 54.0 Å². The number of carbonyl (C=O) groups excluding carboxylic acids is 1. The van der Waals surface area contributed by atoms with Crippen molar-refractivity contribution < 1.29 is 13.6 Å². The monoisotopic (exact) mass is 419 g/mol. The van der Waals surface area contributed by atoms with Crippen molar-refractivity contribution in [2.24, 2.45) is 0 Å². The van der Waals surface area contributed by atoms with Gasteiger partial charge >= 0.3 is 0 Å². The molecule has 0 radical (unpaired) electrons. The van der Waals surface area contributed by atoms with E-state index < -0.39 is 17.5 Å². The molecule has 1 aromatic carbocycles. The maximum absolute atomic E-state index is 13.7. The molecule has 2 rings (SSSR count). The van der Waals surface area contributed by atoms with Gasteiger partial charge in [-0.1, -0.05) is 0 Å². The van der Waals surface area contributed by atoms with Crippen molar-refractivity contribution >= 4 is 49.3 Å². The van der Waals surface area contributed by atoms with Gasteiger partial charge in [0.05, 0.1) is 11.3 Å². The third kappa shape index (κ3) is 3.56. The van der Waals surface area contributed by atoms with Crippen LogP contribution in [0.15, 0.2) is 33.3 Å². The van der Waals surface area contributed by atoms with Crippen LogP contribution in [0.25, 0.3) is 0 Å². The third-order valence-corrected chi connectivity index (χ3v) is 3.64. The third-order valence-electron chi connectivity index (χ3n) is 2.58. The molecule has 0 aliphatic heterocycles. The predicted molar refractivity (Wildman–Crippen MR) is 83.5 cm³/mol. The zero-order valence-corrected chi connectivity index (χ0v) is 13.8. The minimum Gasteiger partial charge on any atom is -0.372 e. The van der Waals surface area contributed by atoms with Crippen LogP contribution in [-0.2, 0) is 0 Å². The van der Waals surface area contributed by atoms with Gasteiger partial charge in [0.25, 0.3) is 5.91 Å². The number of benzene rings is 1. The van der Waals surface area contributed by atoms with E-state index in [2.05, 4.69) is 47.5 Å². The molecule has 0 saturated carbocycles. The Kier molecular flexibility index (Phi) is 4.89. The number of hydrogen-bond donors (Lipinski definition) is 2. The number of nitrogens with one attached hydrogen (secondary N) is 2. The first-order valence-electron chi connectivity index (χ1n) is 5.71. The lowest BCUT2D eigenvalue weighted by Crippen LogP contribution is -2.16. The summed E-state index contributed by atoms with van der Waals surface area (Å²) in [5, 5.41) is 5.17. The Morgan fingerprint density at radius 3 is 2.57 bits per heavy atom. The maximum Gasteiger partial charge on any atom is 0.259 e. The number of carbonyl (C=O) groups is 1. The van der Waals surface area contributed by atoms with Crippen molar-refractivity contribution in [2.75, 3.05) is 17.7 Å². The second kappa shape index (κ2) is 6.48. The molecule has 4 nitrogen and oxygen atoms in total. The van der Waals surface area contributed by atoms with E-state index in [0.717, 1.165) is 6.07 Å². The van der Waals surface area contributed by atoms with Gasteiger partial charge in [0.2, 0.25) is 0 Å². The Bertz CT molecular complexity index is 687. The molecule has 0 bridgehead atoms. The number of pyridine rings is 1. The van der Waals surface area contributed by atoms with Gasteiger partial charge in [-0.15, -0.1) is 0 Å². The van der Waals surface area contributed by atoms with Crippen LogP contribution in [0.4, 0.5) is 20.3 Å². The quantitative estimate of drug-likeness (QED) is 0.783. The second-order valence-electron chi connectivity index (χ2n) is 4.00. The number of aromatic nitrogens is 1. The molecule has 2 N–H and O–H groups in total. The molecule has 1 aromatic heterocycles. The Hall–Kier alpha value is -1.54. The standard InChI is InChI=1S/C13H9Br2F2N3O/c1-18-12-8(2-6(14)5-19-12)13(21)20-11-9(15)3-7(16)4-10(11)17/h2-5H,1H3,(H,18,19)(H,20,21). The van der Waals surface area contributed by atoms with Gasteiger partial charge in [0.1, 0.15) is 11.6 Å². The molecule has 0 aliphatic rings. The average Bonchev–Trinajstić information content (AvgIpc) is 2.42. The molecule has 0 atom stereocenters. The Morgan fingerprint density at radius 2 is 1.95 bits per heavy atom. The molecule has 0 spiro atoms. The summed E-state index contributed by atoms with van der Waals surface area (Å²) in [6.45, 7) is 0. The fourth-order valence-corrected chi connectivity index (χ4v) is 2.49. The summed E-state index contributed by atoms with van der Waals surface area (Å²) >= 11 is 6.23. The van der Waals surface area contributed by atoms with E-state index in [9.17, 15) is 13.6 Å². The lowest BCUT2D eigenvalue weighted by atomic mass is 10.2. The molecular weight excluding hydrogens is 412 g/mol. The van der Waals surface area contributed by atoms with E-state index in [0.29, 0.717) is 16.4 Å². The highest BCUT2D eigenvalue weighted by Gasteiger charge is 2.17. The number of nitrogens with zero attached hydrogens (tertiary/aromatic N) is 1. The summed E-state index contributed by atoms with van der Waals surface area (Å²) in [6.07, 6.45) is 1.52. The van der Waals surface area contributed by atoms with E-state index in [1.54, 1.807) is 13.1 Å². The smallest absolute Gasteiger partial charge is 0.259 e. The van der Waals surface area contributed by atoms with Crippen molar-refractivity contribution in [3.63, 3.8) is 0 Å². The normalized spacial score (nSPS) is 10.3. The van der Waals surface area contributed by atoms with Crippen molar-refractivity contribution in [3.8, 4) is 0 Å². The van der Waals surface area contributed by atoms with Crippen molar-refractivity contribution in [1.29, 1.82) is 0 Å². The van der Waals surface area contributed by atoms with Crippen LogP contribution in [-0.4, -0.2) is 17.9 Å². The lowest BCUT2D eigenvalue weighted by molar-refractivity contribution is 0.102. The van der Waals surface area contributed by atoms with Crippen molar-refractivity contribution in [2.45, 2.75) is 0 Å². The number of amides is 1. The molecule has 1 amide bonds. The van der Waals surface area contributed by atoms with Gasteiger partial charge in [-0.2, -0.15) is 0 Å². The molecule has 0 unspecified atom stereocenters. The summed E-state index contributed by atoms with van der Waals surface area (Å²) < 4.78 is 27.5. The number of hydrogen-bond acceptors (Lipinski definition) is 3. The highest BCUT2D eigenvalue weighted by Crippen LogP contribution is 2.28. The van der Waals surface area contributed by atoms with E-state index >= 15 is 0 Å². The summed E-state index contributed by atoms with van der Waals surface area (Å²) in [4.78, 5) is 16.3. The van der Waals surface area contributed by atoms with Gasteiger partial charge in [-0.05, 0) is 44.0 Å². The maximum atomic E-state index is 13.7. The zero-order valence-electron chi connectivity index (χ0n) is 10.7. The zero-order chi connectivity index (χ0) is 15.6. The molecule has 1 heterocycles. The minimum atomic E-state index is -0.871. The number of anilines is 2. The predicted octanol–water partition coefficient (Wildman–Crippen LogP) is 4.18. The highest BCUT2D eigenvalue weighted by atomic mass is 79.9. The van der Waals surface area contributed by atoms with E-state index in [-0.39, 0.29) is 15.7 Å². The van der Waals surface area contributed by atoms with Gasteiger partial charge in [0.15, 0.2) is 5.82 Å². The van der Waals surface area contributed by atoms with Crippen LogP contribution in [0.5, 0.6) is 0 Å². The average molecular weight is 421 g/mol. The van der Waals surface area contributed by atoms with E-state index in [1.165, 1.54) is 6.20 Å². The fraction of sp³-hybridized carbons (Fsp3) is 0.0769. The van der Waals surface area contributed by atoms with Crippen LogP contribution in [0.1, 0.15) is 10.4 Å². The van der Waals surface area contributed by atoms with Gasteiger partial charge < -0.3 is 10.6 Å². The molecule has 110 valence electrons. The summed E-state index contributed by atoms with van der Waals surface area (Å²) in [5.74, 6) is -1.84.